The van der Waals surface area contributed by atoms with E-state index in [0.29, 0.717) is 28.6 Å². The number of aromatic nitrogens is 4. The molecule has 4 heterocycles. The number of piperidine rings is 1. The fourth-order valence-corrected chi connectivity index (χ4v) is 2.94. The summed E-state index contributed by atoms with van der Waals surface area (Å²) in [5.41, 5.74) is 1.66. The lowest BCUT2D eigenvalue weighted by Crippen LogP contribution is -2.38. The van der Waals surface area contributed by atoms with Crippen molar-refractivity contribution in [3.63, 3.8) is 0 Å². The van der Waals surface area contributed by atoms with Gasteiger partial charge in [0.25, 0.3) is 0 Å². The topological polar surface area (TPSA) is 67.1 Å². The van der Waals surface area contributed by atoms with Crippen molar-refractivity contribution in [3.8, 4) is 11.3 Å². The van der Waals surface area contributed by atoms with E-state index in [1.807, 2.05) is 0 Å². The Bertz CT molecular complexity index is 824. The molecule has 1 aliphatic rings. The monoisotopic (exact) mass is 312 g/mol. The number of fused-ring (bicyclic) bond motifs is 1. The quantitative estimate of drug-likeness (QED) is 0.775. The van der Waals surface area contributed by atoms with Gasteiger partial charge >= 0.3 is 0 Å². The summed E-state index contributed by atoms with van der Waals surface area (Å²) in [6.45, 7) is 1.98. The zero-order valence-corrected chi connectivity index (χ0v) is 12.5. The van der Waals surface area contributed by atoms with Crippen molar-refractivity contribution >= 4 is 11.3 Å². The number of hydrogen-bond donors (Lipinski definition) is 2. The van der Waals surface area contributed by atoms with Gasteiger partial charge in [0.05, 0.1) is 29.8 Å². The molecule has 1 atom stereocenters. The van der Waals surface area contributed by atoms with Gasteiger partial charge in [0.15, 0.2) is 0 Å². The van der Waals surface area contributed by atoms with E-state index in [2.05, 4.69) is 25.7 Å². The molecule has 23 heavy (non-hydrogen) atoms. The van der Waals surface area contributed by atoms with Crippen LogP contribution in [0.2, 0.25) is 0 Å². The molecule has 0 aromatic carbocycles. The van der Waals surface area contributed by atoms with Crippen LogP contribution in [0.15, 0.2) is 36.9 Å². The van der Waals surface area contributed by atoms with Crippen molar-refractivity contribution in [1.82, 2.24) is 24.9 Å². The molecule has 1 saturated heterocycles. The first-order valence-electron chi connectivity index (χ1n) is 7.73. The molecule has 118 valence electrons. The van der Waals surface area contributed by atoms with E-state index in [9.17, 15) is 4.39 Å². The summed E-state index contributed by atoms with van der Waals surface area (Å²) in [5, 5.41) is 10.9. The van der Waals surface area contributed by atoms with Gasteiger partial charge in [0.1, 0.15) is 17.2 Å². The lowest BCUT2D eigenvalue weighted by molar-refractivity contribution is 0.479. The zero-order valence-electron chi connectivity index (χ0n) is 12.5. The van der Waals surface area contributed by atoms with Crippen LogP contribution in [-0.4, -0.2) is 38.7 Å². The maximum Gasteiger partial charge on any atom is 0.149 e. The van der Waals surface area contributed by atoms with Crippen LogP contribution in [0.4, 0.5) is 10.2 Å². The molecule has 0 radical (unpaired) electrons. The summed E-state index contributed by atoms with van der Waals surface area (Å²) in [6, 6.07) is 3.39. The molecule has 1 fully saturated rings. The van der Waals surface area contributed by atoms with Crippen molar-refractivity contribution in [2.24, 2.45) is 0 Å². The van der Waals surface area contributed by atoms with Crippen LogP contribution in [0.3, 0.4) is 0 Å². The molecule has 2 N–H and O–H groups in total. The Labute approximate surface area is 132 Å². The van der Waals surface area contributed by atoms with Gasteiger partial charge in [-0.2, -0.15) is 5.10 Å². The van der Waals surface area contributed by atoms with E-state index in [1.165, 1.54) is 10.6 Å². The molecule has 0 spiro atoms. The Morgan fingerprint density at radius 2 is 2.26 bits per heavy atom. The molecule has 7 heteroatoms. The number of rotatable bonds is 3. The van der Waals surface area contributed by atoms with Crippen LogP contribution in [0.5, 0.6) is 0 Å². The predicted octanol–water partition coefficient (Wildman–Crippen LogP) is 2.09. The van der Waals surface area contributed by atoms with Crippen molar-refractivity contribution in [2.75, 3.05) is 18.4 Å². The van der Waals surface area contributed by atoms with E-state index < -0.39 is 0 Å². The van der Waals surface area contributed by atoms with Gasteiger partial charge in [0.2, 0.25) is 0 Å². The van der Waals surface area contributed by atoms with Crippen LogP contribution >= 0.6 is 0 Å². The van der Waals surface area contributed by atoms with Gasteiger partial charge < -0.3 is 10.6 Å². The Hall–Kier alpha value is -2.54. The molecule has 3 aromatic rings. The highest BCUT2D eigenvalue weighted by Crippen LogP contribution is 2.25. The number of nitrogens with zero attached hydrogens (tertiary/aromatic N) is 4. The first-order chi connectivity index (χ1) is 11.3. The van der Waals surface area contributed by atoms with Crippen LogP contribution < -0.4 is 10.6 Å². The third-order valence-corrected chi connectivity index (χ3v) is 4.05. The summed E-state index contributed by atoms with van der Waals surface area (Å²) in [4.78, 5) is 8.82. The number of halogens is 1. The summed E-state index contributed by atoms with van der Waals surface area (Å²) in [5.74, 6) is 0.378. The van der Waals surface area contributed by atoms with Gasteiger partial charge in [-0.05, 0) is 31.5 Å². The molecule has 4 rings (SSSR count). The van der Waals surface area contributed by atoms with Gasteiger partial charge in [-0.3, -0.25) is 4.98 Å². The molecule has 3 aromatic heterocycles. The lowest BCUT2D eigenvalue weighted by atomic mass is 10.1. The largest absolute Gasteiger partial charge is 0.365 e. The van der Waals surface area contributed by atoms with Gasteiger partial charge in [0, 0.05) is 18.8 Å². The van der Waals surface area contributed by atoms with Gasteiger partial charge in [-0.1, -0.05) is 0 Å². The Balaban J connectivity index is 1.67. The van der Waals surface area contributed by atoms with E-state index in [0.717, 1.165) is 25.9 Å². The molecule has 0 saturated carbocycles. The maximum atomic E-state index is 14.1. The smallest absolute Gasteiger partial charge is 0.149 e. The van der Waals surface area contributed by atoms with E-state index in [-0.39, 0.29) is 5.82 Å². The van der Waals surface area contributed by atoms with Gasteiger partial charge in [-0.15, -0.1) is 0 Å². The third-order valence-electron chi connectivity index (χ3n) is 4.05. The van der Waals surface area contributed by atoms with Crippen molar-refractivity contribution in [2.45, 2.75) is 18.9 Å². The molecule has 0 bridgehead atoms. The molecule has 0 amide bonds. The Morgan fingerprint density at radius 1 is 1.30 bits per heavy atom. The number of nitrogens with one attached hydrogen (secondary N) is 2. The minimum absolute atomic E-state index is 0.323. The second-order valence-electron chi connectivity index (χ2n) is 5.68. The molecule has 0 aliphatic carbocycles. The summed E-state index contributed by atoms with van der Waals surface area (Å²) in [6.07, 6.45) is 8.90. The third kappa shape index (κ3) is 2.75. The first-order valence-corrected chi connectivity index (χ1v) is 7.73. The standard InChI is InChI=1S/C16H17FN6/c17-13-4-2-6-23-16(13)12(8-20-23)14-9-19-10-15(22-14)21-11-3-1-5-18-7-11/h2,4,6,8-11,18H,1,3,5,7H2,(H,21,22). The second-order valence-corrected chi connectivity index (χ2v) is 5.68. The average Bonchev–Trinajstić information content (AvgIpc) is 3.02. The zero-order chi connectivity index (χ0) is 15.6. The highest BCUT2D eigenvalue weighted by molar-refractivity contribution is 5.78. The van der Waals surface area contributed by atoms with E-state index in [4.69, 9.17) is 0 Å². The Morgan fingerprint density at radius 3 is 3.13 bits per heavy atom. The normalized spacial score (nSPS) is 18.2. The summed E-state index contributed by atoms with van der Waals surface area (Å²) in [7, 11) is 0. The minimum Gasteiger partial charge on any atom is -0.365 e. The fourth-order valence-electron chi connectivity index (χ4n) is 2.94. The molecule has 1 unspecified atom stereocenters. The minimum atomic E-state index is -0.323. The molecule has 1 aliphatic heterocycles. The molecular weight excluding hydrogens is 295 g/mol. The lowest BCUT2D eigenvalue weighted by Gasteiger charge is -2.24. The van der Waals surface area contributed by atoms with Crippen molar-refractivity contribution < 1.29 is 4.39 Å². The van der Waals surface area contributed by atoms with Crippen LogP contribution in [0, 0.1) is 5.82 Å². The highest BCUT2D eigenvalue weighted by atomic mass is 19.1. The highest BCUT2D eigenvalue weighted by Gasteiger charge is 2.15. The predicted molar refractivity (Wildman–Crippen MR) is 85.7 cm³/mol. The van der Waals surface area contributed by atoms with Crippen molar-refractivity contribution in [1.29, 1.82) is 0 Å². The summed E-state index contributed by atoms with van der Waals surface area (Å²) < 4.78 is 15.6. The second kappa shape index (κ2) is 5.92. The summed E-state index contributed by atoms with van der Waals surface area (Å²) >= 11 is 0. The van der Waals surface area contributed by atoms with Crippen LogP contribution in [-0.2, 0) is 0 Å². The number of pyridine rings is 1. The first kappa shape index (κ1) is 14.1. The van der Waals surface area contributed by atoms with E-state index >= 15 is 0 Å². The Kier molecular flexibility index (Phi) is 3.63. The average molecular weight is 312 g/mol. The van der Waals surface area contributed by atoms with Gasteiger partial charge in [-0.25, -0.2) is 13.9 Å². The van der Waals surface area contributed by atoms with Crippen LogP contribution in [0.1, 0.15) is 12.8 Å². The fraction of sp³-hybridized carbons (Fsp3) is 0.312. The maximum absolute atomic E-state index is 14.1. The van der Waals surface area contributed by atoms with E-state index in [1.54, 1.807) is 30.9 Å². The van der Waals surface area contributed by atoms with Crippen molar-refractivity contribution in [3.05, 3.63) is 42.7 Å². The number of hydrogen-bond acceptors (Lipinski definition) is 5. The molecular formula is C16H17FN6. The van der Waals surface area contributed by atoms with Crippen LogP contribution in [0.25, 0.3) is 16.8 Å². The number of anilines is 1. The SMILES string of the molecule is Fc1cccn2ncc(-c3cncc(NC4CCCNC4)n3)c12. The molecule has 6 nitrogen and oxygen atoms in total.